The molecule has 8 nitrogen and oxygen atoms in total. The van der Waals surface area contributed by atoms with Crippen molar-refractivity contribution in [3.8, 4) is 6.07 Å². The summed E-state index contributed by atoms with van der Waals surface area (Å²) >= 11 is 6.41. The lowest BCUT2D eigenvalue weighted by Gasteiger charge is -2.37. The predicted octanol–water partition coefficient (Wildman–Crippen LogP) is 5.55. The molecule has 9 heteroatoms. The maximum absolute atomic E-state index is 13.0. The van der Waals surface area contributed by atoms with Crippen LogP contribution in [0.2, 0.25) is 5.02 Å². The third-order valence-corrected chi connectivity index (χ3v) is 7.40. The lowest BCUT2D eigenvalue weighted by atomic mass is 10.0. The quantitative estimate of drug-likeness (QED) is 0.347. The van der Waals surface area contributed by atoms with Crippen molar-refractivity contribution in [2.45, 2.75) is 12.8 Å². The van der Waals surface area contributed by atoms with E-state index in [-0.39, 0.29) is 5.91 Å². The third-order valence-electron chi connectivity index (χ3n) is 7.12. The number of halogens is 1. The van der Waals surface area contributed by atoms with Crippen LogP contribution in [-0.2, 0) is 12.8 Å². The first-order valence-electron chi connectivity index (χ1n) is 12.9. The molecule has 39 heavy (non-hydrogen) atoms. The van der Waals surface area contributed by atoms with Gasteiger partial charge in [-0.25, -0.2) is 4.98 Å². The molecule has 6 bridgehead atoms. The number of nitrogens with zero attached hydrogens (tertiary/aromatic N) is 5. The molecule has 6 rings (SSSR count). The summed E-state index contributed by atoms with van der Waals surface area (Å²) in [5, 5.41) is 16.1. The highest BCUT2D eigenvalue weighted by molar-refractivity contribution is 6.32. The second-order valence-corrected chi connectivity index (χ2v) is 10.1. The van der Waals surface area contributed by atoms with E-state index in [0.717, 1.165) is 37.3 Å². The Labute approximate surface area is 231 Å². The average Bonchev–Trinajstić information content (AvgIpc) is 2.98. The first-order valence-corrected chi connectivity index (χ1v) is 13.3. The normalized spacial score (nSPS) is 14.6. The number of nitriles is 1. The van der Waals surface area contributed by atoms with Gasteiger partial charge in [0.1, 0.15) is 5.02 Å². The van der Waals surface area contributed by atoms with E-state index in [9.17, 15) is 4.79 Å². The SMILES string of the molecule is N#Cc1ccc(C(=O)N2CCN(c3ccc4cc3CCc3cccc(c3)Nc3ncc(Cl)c(n3)N4)CC2)cc1. The van der Waals surface area contributed by atoms with Gasteiger partial charge in [-0.2, -0.15) is 10.2 Å². The number of benzene rings is 3. The summed E-state index contributed by atoms with van der Waals surface area (Å²) in [5.74, 6) is 1.01. The fraction of sp³-hybridized carbons (Fsp3) is 0.200. The molecule has 0 spiro atoms. The second-order valence-electron chi connectivity index (χ2n) is 9.65. The Bertz CT molecular complexity index is 1570. The minimum Gasteiger partial charge on any atom is -0.368 e. The zero-order valence-corrected chi connectivity index (χ0v) is 21.9. The molecule has 0 aliphatic carbocycles. The molecule has 1 saturated heterocycles. The Kier molecular flexibility index (Phi) is 6.74. The van der Waals surface area contributed by atoms with E-state index < -0.39 is 0 Å². The van der Waals surface area contributed by atoms with E-state index in [1.807, 2.05) is 23.1 Å². The fourth-order valence-electron chi connectivity index (χ4n) is 5.06. The second kappa shape index (κ2) is 10.6. The smallest absolute Gasteiger partial charge is 0.253 e. The molecular weight excluding hydrogens is 510 g/mol. The molecule has 2 aliphatic heterocycles. The summed E-state index contributed by atoms with van der Waals surface area (Å²) in [5.41, 5.74) is 6.60. The summed E-state index contributed by atoms with van der Waals surface area (Å²) in [6.45, 7) is 2.74. The van der Waals surface area contributed by atoms with Gasteiger partial charge in [0.25, 0.3) is 5.91 Å². The van der Waals surface area contributed by atoms with Crippen LogP contribution in [0.5, 0.6) is 0 Å². The standard InChI is InChI=1S/C30H26ClN7O/c31-26-19-33-30-35-24-3-1-2-20(16-24)4-9-23-17-25(34-28(26)36-30)10-11-27(23)37-12-14-38(15-13-37)29(39)22-7-5-21(18-32)6-8-22/h1-3,5-8,10-11,16-17,19H,4,9,12-15H2,(H2,33,34,35,36). The molecular formula is C30H26ClN7O. The molecule has 2 N–H and O–H groups in total. The molecule has 2 aliphatic rings. The summed E-state index contributed by atoms with van der Waals surface area (Å²) in [6, 6.07) is 23.6. The van der Waals surface area contributed by atoms with E-state index in [1.54, 1.807) is 30.5 Å². The molecule has 194 valence electrons. The number of hydrogen-bond acceptors (Lipinski definition) is 7. The number of aryl methyl sites for hydroxylation is 2. The molecule has 3 aromatic carbocycles. The highest BCUT2D eigenvalue weighted by atomic mass is 35.5. The Balaban J connectivity index is 1.24. The number of anilines is 5. The molecule has 1 amide bonds. The Morgan fingerprint density at radius 2 is 1.72 bits per heavy atom. The first kappa shape index (κ1) is 24.7. The van der Waals surface area contributed by atoms with Crippen LogP contribution in [0.25, 0.3) is 0 Å². The number of hydrogen-bond donors (Lipinski definition) is 2. The molecule has 1 fully saturated rings. The molecule has 4 aromatic rings. The summed E-state index contributed by atoms with van der Waals surface area (Å²) < 4.78 is 0. The van der Waals surface area contributed by atoms with Gasteiger partial charge in [0, 0.05) is 48.8 Å². The molecule has 1 aromatic heterocycles. The zero-order valence-electron chi connectivity index (χ0n) is 21.2. The van der Waals surface area contributed by atoms with Gasteiger partial charge in [-0.3, -0.25) is 4.79 Å². The maximum atomic E-state index is 13.0. The van der Waals surface area contributed by atoms with Crippen molar-refractivity contribution in [2.75, 3.05) is 41.7 Å². The van der Waals surface area contributed by atoms with Crippen LogP contribution in [0.4, 0.5) is 28.8 Å². The van der Waals surface area contributed by atoms with Crippen LogP contribution in [0.3, 0.4) is 0 Å². The monoisotopic (exact) mass is 535 g/mol. The number of rotatable bonds is 2. The number of carbonyl (C=O) groups is 1. The third kappa shape index (κ3) is 5.35. The summed E-state index contributed by atoms with van der Waals surface area (Å²) in [7, 11) is 0. The predicted molar refractivity (Wildman–Crippen MR) is 153 cm³/mol. The van der Waals surface area contributed by atoms with Crippen LogP contribution in [0.15, 0.2) is 72.9 Å². The average molecular weight is 536 g/mol. The van der Waals surface area contributed by atoms with Crippen LogP contribution in [0, 0.1) is 11.3 Å². The molecule has 0 saturated carbocycles. The van der Waals surface area contributed by atoms with Crippen LogP contribution < -0.4 is 15.5 Å². The number of carbonyl (C=O) groups excluding carboxylic acids is 1. The van der Waals surface area contributed by atoms with Crippen molar-refractivity contribution in [1.82, 2.24) is 14.9 Å². The van der Waals surface area contributed by atoms with E-state index in [0.29, 0.717) is 41.0 Å². The van der Waals surface area contributed by atoms with E-state index in [2.05, 4.69) is 55.8 Å². The molecule has 0 atom stereocenters. The fourth-order valence-corrected chi connectivity index (χ4v) is 5.20. The molecule has 0 unspecified atom stereocenters. The Morgan fingerprint density at radius 3 is 2.51 bits per heavy atom. The van der Waals surface area contributed by atoms with E-state index in [1.165, 1.54) is 16.8 Å². The number of amides is 1. The lowest BCUT2D eigenvalue weighted by molar-refractivity contribution is 0.0746. The Hall–Kier alpha value is -4.61. The van der Waals surface area contributed by atoms with Gasteiger partial charge in [-0.05, 0) is 78.6 Å². The lowest BCUT2D eigenvalue weighted by Crippen LogP contribution is -2.49. The van der Waals surface area contributed by atoms with E-state index in [4.69, 9.17) is 16.9 Å². The minimum atomic E-state index is -0.000905. The van der Waals surface area contributed by atoms with Gasteiger partial charge in [0.2, 0.25) is 5.95 Å². The van der Waals surface area contributed by atoms with Crippen molar-refractivity contribution in [3.63, 3.8) is 0 Å². The maximum Gasteiger partial charge on any atom is 0.253 e. The highest BCUT2D eigenvalue weighted by Gasteiger charge is 2.24. The molecule has 0 radical (unpaired) electrons. The number of fused-ring (bicyclic) bond motifs is 6. The first-order chi connectivity index (χ1) is 19.1. The van der Waals surface area contributed by atoms with Crippen molar-refractivity contribution >= 4 is 46.3 Å². The minimum absolute atomic E-state index is 0.000905. The van der Waals surface area contributed by atoms with E-state index >= 15 is 0 Å². The molecule has 3 heterocycles. The summed E-state index contributed by atoms with van der Waals surface area (Å²) in [4.78, 5) is 26.2. The van der Waals surface area contributed by atoms with Crippen molar-refractivity contribution < 1.29 is 4.79 Å². The number of aromatic nitrogens is 2. The van der Waals surface area contributed by atoms with Gasteiger partial charge >= 0.3 is 0 Å². The Morgan fingerprint density at radius 1 is 0.923 bits per heavy atom. The van der Waals surface area contributed by atoms with Crippen LogP contribution in [0.1, 0.15) is 27.0 Å². The largest absolute Gasteiger partial charge is 0.368 e. The van der Waals surface area contributed by atoms with Crippen molar-refractivity contribution in [2.24, 2.45) is 0 Å². The van der Waals surface area contributed by atoms with Gasteiger partial charge in [-0.15, -0.1) is 0 Å². The number of piperazine rings is 1. The van der Waals surface area contributed by atoms with Crippen molar-refractivity contribution in [3.05, 3.63) is 100 Å². The van der Waals surface area contributed by atoms with Gasteiger partial charge in [-0.1, -0.05) is 23.7 Å². The zero-order chi connectivity index (χ0) is 26.8. The van der Waals surface area contributed by atoms with Gasteiger partial charge in [0.05, 0.1) is 17.8 Å². The van der Waals surface area contributed by atoms with Gasteiger partial charge < -0.3 is 20.4 Å². The number of nitrogens with one attached hydrogen (secondary N) is 2. The summed E-state index contributed by atoms with van der Waals surface area (Å²) in [6.07, 6.45) is 3.33. The van der Waals surface area contributed by atoms with Crippen molar-refractivity contribution in [1.29, 1.82) is 5.26 Å². The van der Waals surface area contributed by atoms with Crippen LogP contribution in [-0.4, -0.2) is 47.0 Å². The highest BCUT2D eigenvalue weighted by Crippen LogP contribution is 2.31. The van der Waals surface area contributed by atoms with Gasteiger partial charge in [0.15, 0.2) is 5.82 Å². The van der Waals surface area contributed by atoms with Crippen LogP contribution >= 0.6 is 11.6 Å². The topological polar surface area (TPSA) is 97.2 Å².